The summed E-state index contributed by atoms with van der Waals surface area (Å²) in [5.41, 5.74) is 3.34. The van der Waals surface area contributed by atoms with Crippen molar-refractivity contribution in [2.75, 3.05) is 57.9 Å². The monoisotopic (exact) mass is 661 g/mol. The third-order valence-electron chi connectivity index (χ3n) is 9.97. The molecule has 3 aliphatic heterocycles. The number of amides is 1. The minimum Gasteiger partial charge on any atom is -0.481 e. The van der Waals surface area contributed by atoms with E-state index in [1.54, 1.807) is 17.2 Å². The number of anilines is 1. The van der Waals surface area contributed by atoms with E-state index in [0.717, 1.165) is 42.3 Å². The second-order valence-electron chi connectivity index (χ2n) is 13.3. The molecule has 7 rings (SSSR count). The Kier molecular flexibility index (Phi) is 8.05. The number of likely N-dealkylation sites (tertiary alicyclic amines) is 2. The summed E-state index contributed by atoms with van der Waals surface area (Å²) in [5, 5.41) is 8.42. The van der Waals surface area contributed by atoms with Crippen LogP contribution >= 0.6 is 0 Å². The zero-order valence-corrected chi connectivity index (χ0v) is 27.1. The van der Waals surface area contributed by atoms with Gasteiger partial charge in [0.05, 0.1) is 11.7 Å². The average Bonchev–Trinajstić information content (AvgIpc) is 3.80. The summed E-state index contributed by atoms with van der Waals surface area (Å²) in [6.07, 6.45) is 2.84. The molecule has 1 N–H and O–H groups in total. The first-order valence-corrected chi connectivity index (χ1v) is 16.1. The molecule has 2 aromatic heterocycles. The molecule has 0 saturated carbocycles. The van der Waals surface area contributed by atoms with Crippen molar-refractivity contribution in [2.24, 2.45) is 5.41 Å². The number of ether oxygens (including phenoxy) is 2. The number of nitrogens with zero attached hydrogens (tertiary/aromatic N) is 6. The van der Waals surface area contributed by atoms with Crippen LogP contribution in [-0.2, 0) is 4.79 Å². The molecule has 13 heteroatoms. The van der Waals surface area contributed by atoms with Gasteiger partial charge in [0.1, 0.15) is 17.9 Å². The third-order valence-corrected chi connectivity index (χ3v) is 9.97. The third kappa shape index (κ3) is 5.73. The second kappa shape index (κ2) is 12.1. The summed E-state index contributed by atoms with van der Waals surface area (Å²) in [6.45, 7) is 11.8. The Labute approximate surface area is 276 Å². The van der Waals surface area contributed by atoms with Gasteiger partial charge in [-0.25, -0.2) is 0 Å². The molecule has 0 radical (unpaired) electrons. The lowest BCUT2D eigenvalue weighted by Gasteiger charge is -2.47. The van der Waals surface area contributed by atoms with Crippen molar-refractivity contribution in [1.29, 1.82) is 0 Å². The number of carbonyl (C=O) groups excluding carboxylic acids is 1. The molecule has 3 aliphatic rings. The molecule has 48 heavy (non-hydrogen) atoms. The molecule has 3 fully saturated rings. The van der Waals surface area contributed by atoms with Gasteiger partial charge in [0, 0.05) is 54.0 Å². The van der Waals surface area contributed by atoms with E-state index in [2.05, 4.69) is 33.2 Å². The van der Waals surface area contributed by atoms with Crippen molar-refractivity contribution in [2.45, 2.75) is 38.4 Å². The lowest BCUT2D eigenvalue weighted by atomic mass is 9.79. The van der Waals surface area contributed by atoms with Crippen LogP contribution in [0.25, 0.3) is 39.0 Å². The van der Waals surface area contributed by atoms with Gasteiger partial charge in [0.15, 0.2) is 12.4 Å². The molecule has 10 nitrogen and oxygen atoms in total. The molecule has 5 heterocycles. The van der Waals surface area contributed by atoms with Crippen molar-refractivity contribution in [3.8, 4) is 22.9 Å². The zero-order chi connectivity index (χ0) is 33.8. The number of aromatic nitrogens is 4. The van der Waals surface area contributed by atoms with Crippen LogP contribution in [0, 0.1) is 12.3 Å². The van der Waals surface area contributed by atoms with E-state index in [0.29, 0.717) is 60.7 Å². The van der Waals surface area contributed by atoms with Gasteiger partial charge < -0.3 is 24.2 Å². The number of aromatic amines is 1. The predicted molar refractivity (Wildman–Crippen MR) is 178 cm³/mol. The minimum absolute atomic E-state index is 0.0247. The van der Waals surface area contributed by atoms with Gasteiger partial charge in [-0.2, -0.15) is 28.2 Å². The van der Waals surface area contributed by atoms with Crippen LogP contribution in [0.15, 0.2) is 43.6 Å². The van der Waals surface area contributed by atoms with Crippen LogP contribution in [0.5, 0.6) is 11.8 Å². The van der Waals surface area contributed by atoms with Gasteiger partial charge in [-0.05, 0) is 74.7 Å². The second-order valence-corrected chi connectivity index (χ2v) is 13.3. The summed E-state index contributed by atoms with van der Waals surface area (Å²) < 4.78 is 53.6. The average molecular weight is 662 g/mol. The van der Waals surface area contributed by atoms with E-state index in [1.807, 2.05) is 32.2 Å². The van der Waals surface area contributed by atoms with Gasteiger partial charge in [0.2, 0.25) is 5.91 Å². The Balaban J connectivity index is 1.41. The summed E-state index contributed by atoms with van der Waals surface area (Å²) >= 11 is 0. The Morgan fingerprint density at radius 3 is 2.65 bits per heavy atom. The predicted octanol–water partition coefficient (Wildman–Crippen LogP) is 5.76. The van der Waals surface area contributed by atoms with E-state index in [4.69, 9.17) is 19.4 Å². The number of carbonyl (C=O) groups is 1. The molecule has 4 aromatic rings. The quantitative estimate of drug-likeness (QED) is 0.226. The number of hydrogen-bond acceptors (Lipinski definition) is 8. The normalized spacial score (nSPS) is 19.3. The first kappa shape index (κ1) is 31.9. The Bertz CT molecular complexity index is 1920. The molecule has 0 aliphatic carbocycles. The number of likely N-dealkylation sites (N-methyl/N-ethyl adjacent to an activating group) is 1. The molecule has 2 aromatic carbocycles. The van der Waals surface area contributed by atoms with Crippen molar-refractivity contribution >= 4 is 39.6 Å². The molecule has 252 valence electrons. The molecule has 0 bridgehead atoms. The van der Waals surface area contributed by atoms with Crippen LogP contribution < -0.4 is 14.4 Å². The number of hydrogen-bond donors (Lipinski definition) is 1. The van der Waals surface area contributed by atoms with Crippen molar-refractivity contribution in [3.63, 3.8) is 0 Å². The summed E-state index contributed by atoms with van der Waals surface area (Å²) in [6, 6.07) is 5.89. The number of H-pyrrole nitrogens is 1. The van der Waals surface area contributed by atoms with E-state index < -0.39 is 12.8 Å². The molecule has 1 amide bonds. The highest BCUT2D eigenvalue weighted by Crippen LogP contribution is 2.48. The number of nitrogens with one attached hydrogen (secondary N) is 1. The molecular formula is C35H38F3N7O3. The summed E-state index contributed by atoms with van der Waals surface area (Å²) in [4.78, 5) is 28.0. The molecule has 1 atom stereocenters. The van der Waals surface area contributed by atoms with Gasteiger partial charge in [-0.1, -0.05) is 25.3 Å². The SMILES string of the molecule is C=CC(=O)N1CC2(CCN(c3nc(OC[C@@H]4CCCN4C)nc4c(OCC(F)(F)F)c(-c5c(C)ccc6[nH]ncc56)c(C=C)cc34)C2)C1. The van der Waals surface area contributed by atoms with Crippen molar-refractivity contribution in [1.82, 2.24) is 30.0 Å². The van der Waals surface area contributed by atoms with Gasteiger partial charge >= 0.3 is 12.2 Å². The van der Waals surface area contributed by atoms with E-state index in [9.17, 15) is 18.0 Å². The fourth-order valence-corrected chi connectivity index (χ4v) is 7.48. The van der Waals surface area contributed by atoms with E-state index in [-0.39, 0.29) is 34.6 Å². The number of fused-ring (bicyclic) bond motifs is 2. The highest BCUT2D eigenvalue weighted by molar-refractivity contribution is 6.07. The van der Waals surface area contributed by atoms with Crippen LogP contribution in [0.4, 0.5) is 19.0 Å². The molecule has 3 saturated heterocycles. The first-order chi connectivity index (χ1) is 23.0. The maximum Gasteiger partial charge on any atom is 0.422 e. The summed E-state index contributed by atoms with van der Waals surface area (Å²) in [5.74, 6) is 0.421. The lowest BCUT2D eigenvalue weighted by Crippen LogP contribution is -2.59. The number of benzene rings is 2. The van der Waals surface area contributed by atoms with Crippen LogP contribution in [0.2, 0.25) is 0 Å². The number of rotatable bonds is 9. The highest BCUT2D eigenvalue weighted by Gasteiger charge is 2.49. The standard InChI is InChI=1S/C35H38F3N7O3/c1-5-22-14-24-30(31(48-20-35(36,37)38)29(22)28-21(3)9-10-26-25(28)15-39-42-26)40-33(47-16-23-8-7-12-43(23)4)41-32(24)44-13-11-34(17-44)18-45(19-34)27(46)6-2/h5-6,9-10,14-15,23H,1-2,7-8,11-13,16-20H2,3-4H3,(H,39,42)/t23-/m0/s1. The number of halogens is 3. The Morgan fingerprint density at radius 1 is 1.12 bits per heavy atom. The van der Waals surface area contributed by atoms with Gasteiger partial charge in [0.25, 0.3) is 0 Å². The summed E-state index contributed by atoms with van der Waals surface area (Å²) in [7, 11) is 2.04. The smallest absolute Gasteiger partial charge is 0.422 e. The van der Waals surface area contributed by atoms with E-state index in [1.165, 1.54) is 6.08 Å². The van der Waals surface area contributed by atoms with Crippen LogP contribution in [0.3, 0.4) is 0 Å². The topological polar surface area (TPSA) is 99.7 Å². The highest BCUT2D eigenvalue weighted by atomic mass is 19.4. The fourth-order valence-electron chi connectivity index (χ4n) is 7.48. The maximum atomic E-state index is 13.9. The van der Waals surface area contributed by atoms with Gasteiger partial charge in [-0.3, -0.25) is 9.89 Å². The molecule has 1 spiro atoms. The first-order valence-electron chi connectivity index (χ1n) is 16.1. The molecule has 0 unspecified atom stereocenters. The minimum atomic E-state index is -4.60. The number of aryl methyl sites for hydroxylation is 1. The Hall–Kier alpha value is -4.65. The van der Waals surface area contributed by atoms with Crippen molar-refractivity contribution < 1.29 is 27.4 Å². The zero-order valence-electron chi connectivity index (χ0n) is 27.1. The van der Waals surface area contributed by atoms with Crippen LogP contribution in [0.1, 0.15) is 30.4 Å². The number of alkyl halides is 3. The van der Waals surface area contributed by atoms with Gasteiger partial charge in [-0.15, -0.1) is 0 Å². The maximum absolute atomic E-state index is 13.9. The Morgan fingerprint density at radius 2 is 1.94 bits per heavy atom. The van der Waals surface area contributed by atoms with Crippen LogP contribution in [-0.4, -0.2) is 101 Å². The van der Waals surface area contributed by atoms with E-state index >= 15 is 0 Å². The van der Waals surface area contributed by atoms with Crippen molar-refractivity contribution in [3.05, 3.63) is 54.8 Å². The lowest BCUT2D eigenvalue weighted by molar-refractivity contribution is -0.153. The largest absolute Gasteiger partial charge is 0.481 e. The molecular weight excluding hydrogens is 623 g/mol. The fraction of sp³-hybridized carbons (Fsp3) is 0.429.